The summed E-state index contributed by atoms with van der Waals surface area (Å²) in [7, 11) is 0. The first-order valence-electron chi connectivity index (χ1n) is 9.34. The average Bonchev–Trinajstić information content (AvgIpc) is 2.52. The molecule has 1 atom stereocenters. The number of nitrogens with one attached hydrogen (secondary N) is 1. The van der Waals surface area contributed by atoms with Crippen LogP contribution in [0.5, 0.6) is 0 Å². The fraction of sp³-hybridized carbons (Fsp3) is 0.889. The van der Waals surface area contributed by atoms with E-state index in [1.165, 1.54) is 38.5 Å². The zero-order chi connectivity index (χ0) is 17.3. The van der Waals surface area contributed by atoms with E-state index in [9.17, 15) is 9.59 Å². The Labute approximate surface area is 171 Å². The van der Waals surface area contributed by atoms with Crippen LogP contribution in [0.3, 0.4) is 0 Å². The summed E-state index contributed by atoms with van der Waals surface area (Å²) in [5.41, 5.74) is 5.40. The summed E-state index contributed by atoms with van der Waals surface area (Å²) in [6, 6.07) is -0.771. The van der Waals surface area contributed by atoms with Gasteiger partial charge in [-0.15, -0.1) is 0 Å². The molecule has 1 amide bonds. The number of rotatable bonds is 16. The number of unbranched alkanes of at least 4 members (excludes halogenated alkanes) is 9. The van der Waals surface area contributed by atoms with Crippen LogP contribution in [0.25, 0.3) is 0 Å². The van der Waals surface area contributed by atoms with Crippen LogP contribution in [0.4, 0.5) is 0 Å². The predicted molar refractivity (Wildman–Crippen MR) is 95.4 cm³/mol. The van der Waals surface area contributed by atoms with Crippen molar-refractivity contribution < 1.29 is 45.7 Å². The molecule has 0 saturated carbocycles. The van der Waals surface area contributed by atoms with Gasteiger partial charge in [0.2, 0.25) is 5.91 Å². The maximum Gasteiger partial charge on any atom is 1.00 e. The van der Waals surface area contributed by atoms with Gasteiger partial charge in [-0.25, -0.2) is 4.79 Å². The number of nitrogens with two attached hydrogens (primary N) is 1. The van der Waals surface area contributed by atoms with E-state index in [2.05, 4.69) is 12.2 Å². The first-order valence-corrected chi connectivity index (χ1v) is 9.34. The Morgan fingerprint density at radius 3 is 2.00 bits per heavy atom. The second kappa shape index (κ2) is 19.2. The van der Waals surface area contributed by atoms with Crippen LogP contribution in [0.2, 0.25) is 0 Å². The number of carboxylic acid groups (broad SMARTS) is 1. The number of hydrogen-bond acceptors (Lipinski definition) is 3. The minimum Gasteiger partial charge on any atom is -1.00 e. The Morgan fingerprint density at radius 1 is 0.958 bits per heavy atom. The van der Waals surface area contributed by atoms with E-state index in [4.69, 9.17) is 10.8 Å². The molecule has 0 radical (unpaired) electrons. The maximum atomic E-state index is 11.8. The molecule has 0 aromatic rings. The molecule has 0 rings (SSSR count). The van der Waals surface area contributed by atoms with Crippen LogP contribution in [0.15, 0.2) is 0 Å². The van der Waals surface area contributed by atoms with Crippen molar-refractivity contribution in [1.82, 2.24) is 5.32 Å². The van der Waals surface area contributed by atoms with Gasteiger partial charge in [-0.3, -0.25) is 4.79 Å². The van der Waals surface area contributed by atoms with E-state index >= 15 is 0 Å². The van der Waals surface area contributed by atoms with Crippen molar-refractivity contribution >= 4 is 11.9 Å². The van der Waals surface area contributed by atoms with Crippen LogP contribution < -0.4 is 40.6 Å². The smallest absolute Gasteiger partial charge is 1.00 e. The summed E-state index contributed by atoms with van der Waals surface area (Å²) in [5.74, 6) is -1.10. The minimum atomic E-state index is -0.956. The molecule has 0 bridgehead atoms. The second-order valence-corrected chi connectivity index (χ2v) is 6.32. The van der Waals surface area contributed by atoms with E-state index in [0.29, 0.717) is 19.4 Å². The van der Waals surface area contributed by atoms with Crippen molar-refractivity contribution in [3.8, 4) is 0 Å². The zero-order valence-electron chi connectivity index (χ0n) is 16.8. The Kier molecular flexibility index (Phi) is 20.9. The number of carboxylic acids is 1. The van der Waals surface area contributed by atoms with E-state index in [0.717, 1.165) is 32.1 Å². The molecule has 0 aromatic carbocycles. The van der Waals surface area contributed by atoms with Gasteiger partial charge in [-0.05, 0) is 32.2 Å². The molecule has 0 spiro atoms. The Balaban J connectivity index is -0.00000242. The van der Waals surface area contributed by atoms with Crippen molar-refractivity contribution in [2.75, 3.05) is 6.54 Å². The molecule has 0 heterocycles. The molecule has 0 saturated heterocycles. The summed E-state index contributed by atoms with van der Waals surface area (Å²) < 4.78 is 0. The molecule has 0 aliphatic heterocycles. The SMILES string of the molecule is CCCCCCCCCCCC(=O)NC(CCCCN)C(=O)O.[H-].[Na+]. The van der Waals surface area contributed by atoms with Crippen molar-refractivity contribution in [3.05, 3.63) is 0 Å². The van der Waals surface area contributed by atoms with Gasteiger partial charge in [0.1, 0.15) is 6.04 Å². The van der Waals surface area contributed by atoms with E-state index in [1.807, 2.05) is 0 Å². The van der Waals surface area contributed by atoms with Gasteiger partial charge in [0.05, 0.1) is 0 Å². The molecular weight excluding hydrogens is 315 g/mol. The third kappa shape index (κ3) is 16.7. The van der Waals surface area contributed by atoms with Crippen LogP contribution in [0, 0.1) is 0 Å². The van der Waals surface area contributed by atoms with Gasteiger partial charge in [-0.2, -0.15) is 0 Å². The van der Waals surface area contributed by atoms with Gasteiger partial charge < -0.3 is 17.6 Å². The second-order valence-electron chi connectivity index (χ2n) is 6.32. The van der Waals surface area contributed by atoms with Crippen LogP contribution in [0.1, 0.15) is 91.8 Å². The van der Waals surface area contributed by atoms with Crippen LogP contribution in [-0.2, 0) is 9.59 Å². The quantitative estimate of drug-likeness (QED) is 0.282. The third-order valence-corrected chi connectivity index (χ3v) is 4.09. The largest absolute Gasteiger partial charge is 1.00 e. The standard InChI is InChI=1S/C18H36N2O3.Na.H/c1-2-3-4-5-6-7-8-9-10-14-17(21)20-16(18(22)23)13-11-12-15-19;;/h16H,2-15,19H2,1H3,(H,20,21)(H,22,23);;/q;+1;-1. The molecular formula is C18H37N2NaO3. The van der Waals surface area contributed by atoms with Gasteiger partial charge in [0.15, 0.2) is 0 Å². The molecule has 24 heavy (non-hydrogen) atoms. The molecule has 0 aliphatic rings. The number of hydrogen-bond donors (Lipinski definition) is 3. The number of aliphatic carboxylic acids is 1. The molecule has 5 nitrogen and oxygen atoms in total. The summed E-state index contributed by atoms with van der Waals surface area (Å²) in [4.78, 5) is 22.9. The molecule has 6 heteroatoms. The Morgan fingerprint density at radius 2 is 1.50 bits per heavy atom. The molecule has 0 aliphatic carbocycles. The van der Waals surface area contributed by atoms with Gasteiger partial charge in [0.25, 0.3) is 0 Å². The number of carbonyl (C=O) groups is 2. The summed E-state index contributed by atoms with van der Waals surface area (Å²) >= 11 is 0. The number of amides is 1. The Bertz CT molecular complexity index is 321. The molecule has 0 fully saturated rings. The fourth-order valence-electron chi connectivity index (χ4n) is 2.61. The van der Waals surface area contributed by atoms with Gasteiger partial charge in [-0.1, -0.05) is 58.3 Å². The first kappa shape index (κ1) is 26.1. The Hall–Kier alpha value is -0.100. The van der Waals surface area contributed by atoms with Crippen molar-refractivity contribution in [3.63, 3.8) is 0 Å². The average molecular weight is 352 g/mol. The zero-order valence-corrected chi connectivity index (χ0v) is 17.8. The predicted octanol–water partition coefficient (Wildman–Crippen LogP) is 0.722. The first-order chi connectivity index (χ1) is 11.1. The van der Waals surface area contributed by atoms with Crippen LogP contribution in [-0.4, -0.2) is 29.6 Å². The van der Waals surface area contributed by atoms with E-state index < -0.39 is 12.0 Å². The minimum absolute atomic E-state index is 0. The van der Waals surface area contributed by atoms with Gasteiger partial charge >= 0.3 is 35.5 Å². The molecule has 4 N–H and O–H groups in total. The van der Waals surface area contributed by atoms with Crippen molar-refractivity contribution in [2.24, 2.45) is 5.73 Å². The number of carbonyl (C=O) groups excluding carboxylic acids is 1. The van der Waals surface area contributed by atoms with E-state index in [-0.39, 0.29) is 36.9 Å². The summed E-state index contributed by atoms with van der Waals surface area (Å²) in [5, 5.41) is 11.7. The monoisotopic (exact) mass is 352 g/mol. The molecule has 1 unspecified atom stereocenters. The van der Waals surface area contributed by atoms with Gasteiger partial charge in [0, 0.05) is 6.42 Å². The van der Waals surface area contributed by atoms with E-state index in [1.54, 1.807) is 0 Å². The van der Waals surface area contributed by atoms with Crippen molar-refractivity contribution in [2.45, 2.75) is 96.4 Å². The molecule has 138 valence electrons. The fourth-order valence-corrected chi connectivity index (χ4v) is 2.61. The molecule has 0 aromatic heterocycles. The third-order valence-electron chi connectivity index (χ3n) is 4.09. The van der Waals surface area contributed by atoms with Crippen LogP contribution >= 0.6 is 0 Å². The summed E-state index contributed by atoms with van der Waals surface area (Å²) in [6.07, 6.45) is 13.2. The van der Waals surface area contributed by atoms with Crippen molar-refractivity contribution in [1.29, 1.82) is 0 Å². The summed E-state index contributed by atoms with van der Waals surface area (Å²) in [6.45, 7) is 2.77. The normalized spacial score (nSPS) is 11.6. The topological polar surface area (TPSA) is 92.4 Å². The maximum absolute atomic E-state index is 11.8.